The maximum atomic E-state index is 12.5. The van der Waals surface area contributed by atoms with Crippen LogP contribution in [-0.2, 0) is 17.3 Å². The molecule has 6 heteroatoms. The fraction of sp³-hybridized carbons (Fsp3) is 0.333. The third kappa shape index (κ3) is 4.09. The Balaban J connectivity index is 2.91. The monoisotopic (exact) mass is 256 g/mol. The van der Waals surface area contributed by atoms with Crippen LogP contribution in [0, 0.1) is 11.5 Å². The summed E-state index contributed by atoms with van der Waals surface area (Å²) in [5.74, 6) is 0.110. The van der Waals surface area contributed by atoms with Gasteiger partial charge in [-0.3, -0.25) is 0 Å². The van der Waals surface area contributed by atoms with Crippen LogP contribution in [0.4, 0.5) is 13.2 Å². The van der Waals surface area contributed by atoms with E-state index in [2.05, 4.69) is 4.99 Å². The third-order valence-electron chi connectivity index (χ3n) is 2.10. The standard InChI is InChI=1S/C12H11F3N2O/c1-2-18-11(17-8-16)7-9-4-3-5-10(6-9)12(13,14)15/h3-6H,2,7H2,1H3. The van der Waals surface area contributed by atoms with Crippen LogP contribution in [0.25, 0.3) is 0 Å². The molecule has 0 saturated heterocycles. The molecule has 0 aliphatic carbocycles. The molecule has 3 nitrogen and oxygen atoms in total. The molecule has 0 amide bonds. The molecule has 0 saturated carbocycles. The fourth-order valence-corrected chi connectivity index (χ4v) is 1.38. The second-order valence-corrected chi connectivity index (χ2v) is 3.41. The van der Waals surface area contributed by atoms with Crippen molar-refractivity contribution >= 4 is 5.90 Å². The second kappa shape index (κ2) is 6.05. The van der Waals surface area contributed by atoms with E-state index >= 15 is 0 Å². The van der Waals surface area contributed by atoms with E-state index < -0.39 is 11.7 Å². The Kier molecular flexibility index (Phi) is 4.72. The third-order valence-corrected chi connectivity index (χ3v) is 2.10. The van der Waals surface area contributed by atoms with Crippen molar-refractivity contribution in [2.24, 2.45) is 4.99 Å². The number of rotatable bonds is 3. The topological polar surface area (TPSA) is 45.4 Å². The number of benzene rings is 1. The summed E-state index contributed by atoms with van der Waals surface area (Å²) in [6, 6.07) is 4.85. The number of ether oxygens (including phenoxy) is 1. The van der Waals surface area contributed by atoms with E-state index in [0.717, 1.165) is 12.1 Å². The molecule has 0 bridgehead atoms. The van der Waals surface area contributed by atoms with Crippen LogP contribution in [0.1, 0.15) is 18.1 Å². The van der Waals surface area contributed by atoms with Crippen molar-refractivity contribution < 1.29 is 17.9 Å². The van der Waals surface area contributed by atoms with Gasteiger partial charge < -0.3 is 4.74 Å². The van der Waals surface area contributed by atoms with Gasteiger partial charge in [0.1, 0.15) is 0 Å². The van der Waals surface area contributed by atoms with Crippen molar-refractivity contribution in [3.05, 3.63) is 35.4 Å². The van der Waals surface area contributed by atoms with Crippen molar-refractivity contribution in [3.8, 4) is 6.19 Å². The smallest absolute Gasteiger partial charge is 0.416 e. The molecule has 0 spiro atoms. The molecule has 96 valence electrons. The van der Waals surface area contributed by atoms with Gasteiger partial charge in [-0.25, -0.2) is 0 Å². The van der Waals surface area contributed by atoms with E-state index in [0.29, 0.717) is 12.2 Å². The molecular formula is C12H11F3N2O. The molecule has 0 atom stereocenters. The molecule has 0 fully saturated rings. The predicted molar refractivity (Wildman–Crippen MR) is 59.8 cm³/mol. The van der Waals surface area contributed by atoms with Gasteiger partial charge in [-0.1, -0.05) is 18.2 Å². The van der Waals surface area contributed by atoms with Crippen molar-refractivity contribution in [1.29, 1.82) is 5.26 Å². The summed E-state index contributed by atoms with van der Waals surface area (Å²) in [5.41, 5.74) is -0.333. The summed E-state index contributed by atoms with van der Waals surface area (Å²) < 4.78 is 42.5. The Morgan fingerprint density at radius 3 is 2.72 bits per heavy atom. The van der Waals surface area contributed by atoms with E-state index in [1.165, 1.54) is 12.1 Å². The molecule has 0 aliphatic heterocycles. The Morgan fingerprint density at radius 2 is 2.17 bits per heavy atom. The first-order valence-corrected chi connectivity index (χ1v) is 5.22. The molecule has 0 radical (unpaired) electrons. The molecule has 0 unspecified atom stereocenters. The summed E-state index contributed by atoms with van der Waals surface area (Å²) >= 11 is 0. The lowest BCUT2D eigenvalue weighted by Crippen LogP contribution is -2.10. The summed E-state index contributed by atoms with van der Waals surface area (Å²) in [7, 11) is 0. The lowest BCUT2D eigenvalue weighted by atomic mass is 10.1. The van der Waals surface area contributed by atoms with Crippen LogP contribution in [0.15, 0.2) is 29.3 Å². The Hall–Kier alpha value is -2.03. The quantitative estimate of drug-likeness (QED) is 0.473. The van der Waals surface area contributed by atoms with E-state index in [-0.39, 0.29) is 12.3 Å². The summed E-state index contributed by atoms with van der Waals surface area (Å²) in [6.07, 6.45) is -2.76. The van der Waals surface area contributed by atoms with Crippen LogP contribution < -0.4 is 0 Å². The zero-order valence-electron chi connectivity index (χ0n) is 9.66. The van der Waals surface area contributed by atoms with Gasteiger partial charge in [-0.15, -0.1) is 4.99 Å². The van der Waals surface area contributed by atoms with Gasteiger partial charge in [0, 0.05) is 6.42 Å². The lowest BCUT2D eigenvalue weighted by molar-refractivity contribution is -0.137. The first-order chi connectivity index (χ1) is 8.47. The molecule has 18 heavy (non-hydrogen) atoms. The second-order valence-electron chi connectivity index (χ2n) is 3.41. The Morgan fingerprint density at radius 1 is 1.44 bits per heavy atom. The van der Waals surface area contributed by atoms with Gasteiger partial charge in [0.05, 0.1) is 12.2 Å². The first kappa shape index (κ1) is 14.0. The minimum atomic E-state index is -4.38. The number of nitriles is 1. The van der Waals surface area contributed by atoms with E-state index in [9.17, 15) is 13.2 Å². The molecule has 1 aromatic rings. The van der Waals surface area contributed by atoms with Gasteiger partial charge in [0.15, 0.2) is 0 Å². The Bertz CT molecular complexity index is 475. The highest BCUT2D eigenvalue weighted by Crippen LogP contribution is 2.29. The number of aliphatic imine (C=N–C) groups is 1. The minimum absolute atomic E-state index is 0.0608. The predicted octanol–water partition coefficient (Wildman–Crippen LogP) is 3.16. The average molecular weight is 256 g/mol. The van der Waals surface area contributed by atoms with Crippen molar-refractivity contribution in [3.63, 3.8) is 0 Å². The van der Waals surface area contributed by atoms with E-state index in [1.807, 2.05) is 0 Å². The zero-order chi connectivity index (χ0) is 13.6. The number of hydrogen-bond donors (Lipinski definition) is 0. The SMILES string of the molecule is CCOC(Cc1cccc(C(F)(F)F)c1)=NC#N. The molecule has 0 heterocycles. The number of nitrogens with zero attached hydrogens (tertiary/aromatic N) is 2. The summed E-state index contributed by atoms with van der Waals surface area (Å²) in [5, 5.41) is 8.43. The van der Waals surface area contributed by atoms with Crippen molar-refractivity contribution in [1.82, 2.24) is 0 Å². The van der Waals surface area contributed by atoms with Crippen molar-refractivity contribution in [2.45, 2.75) is 19.5 Å². The maximum absolute atomic E-state index is 12.5. The van der Waals surface area contributed by atoms with E-state index in [1.54, 1.807) is 13.1 Å². The van der Waals surface area contributed by atoms with Crippen LogP contribution >= 0.6 is 0 Å². The normalized spacial score (nSPS) is 12.1. The largest absolute Gasteiger partial charge is 0.480 e. The van der Waals surface area contributed by atoms with Crippen LogP contribution in [0.3, 0.4) is 0 Å². The van der Waals surface area contributed by atoms with Gasteiger partial charge in [-0.2, -0.15) is 18.4 Å². The van der Waals surface area contributed by atoms with Gasteiger partial charge >= 0.3 is 6.18 Å². The first-order valence-electron chi connectivity index (χ1n) is 5.22. The van der Waals surface area contributed by atoms with Crippen LogP contribution in [-0.4, -0.2) is 12.5 Å². The lowest BCUT2D eigenvalue weighted by Gasteiger charge is -2.09. The van der Waals surface area contributed by atoms with Gasteiger partial charge in [-0.05, 0) is 18.6 Å². The zero-order valence-corrected chi connectivity index (χ0v) is 9.66. The number of alkyl halides is 3. The van der Waals surface area contributed by atoms with Gasteiger partial charge in [0.2, 0.25) is 12.1 Å². The van der Waals surface area contributed by atoms with Crippen LogP contribution in [0.5, 0.6) is 0 Å². The highest BCUT2D eigenvalue weighted by Gasteiger charge is 2.30. The van der Waals surface area contributed by atoms with E-state index in [4.69, 9.17) is 10.00 Å². The fourth-order valence-electron chi connectivity index (χ4n) is 1.38. The molecule has 0 N–H and O–H groups in total. The Labute approximate surface area is 103 Å². The average Bonchev–Trinajstić information content (AvgIpc) is 2.29. The van der Waals surface area contributed by atoms with Gasteiger partial charge in [0.25, 0.3) is 0 Å². The highest BCUT2D eigenvalue weighted by atomic mass is 19.4. The van der Waals surface area contributed by atoms with Crippen molar-refractivity contribution in [2.75, 3.05) is 6.61 Å². The highest BCUT2D eigenvalue weighted by molar-refractivity contribution is 5.79. The molecule has 1 rings (SSSR count). The number of halogens is 3. The molecular weight excluding hydrogens is 245 g/mol. The summed E-state index contributed by atoms with van der Waals surface area (Å²) in [6.45, 7) is 2.01. The summed E-state index contributed by atoms with van der Waals surface area (Å²) in [4.78, 5) is 3.42. The molecule has 1 aromatic carbocycles. The minimum Gasteiger partial charge on any atom is -0.480 e. The van der Waals surface area contributed by atoms with Crippen LogP contribution in [0.2, 0.25) is 0 Å². The maximum Gasteiger partial charge on any atom is 0.416 e. The number of hydrogen-bond acceptors (Lipinski definition) is 3. The molecule has 0 aromatic heterocycles. The molecule has 0 aliphatic rings.